The maximum Gasteiger partial charge on any atom is 0.416 e. The molecule has 0 unspecified atom stereocenters. The van der Waals surface area contributed by atoms with Crippen molar-refractivity contribution in [2.45, 2.75) is 50.9 Å². The smallest absolute Gasteiger partial charge is 0.339 e. The molecule has 1 amide bonds. The summed E-state index contributed by atoms with van der Waals surface area (Å²) in [5, 5.41) is 0. The normalized spacial score (nSPS) is 21.1. The molecule has 168 valence electrons. The Balaban J connectivity index is 1.54. The number of likely N-dealkylation sites (tertiary alicyclic amines) is 1. The first-order chi connectivity index (χ1) is 14.2. The van der Waals surface area contributed by atoms with E-state index in [9.17, 15) is 18.0 Å². The van der Waals surface area contributed by atoms with Crippen LogP contribution < -0.4 is 5.73 Å². The second kappa shape index (κ2) is 9.66. The Bertz CT molecular complexity index is 724. The Kier molecular flexibility index (Phi) is 7.42. The van der Waals surface area contributed by atoms with Gasteiger partial charge in [0.15, 0.2) is 0 Å². The molecule has 0 radical (unpaired) electrons. The number of amides is 1. The summed E-state index contributed by atoms with van der Waals surface area (Å²) in [6.07, 6.45) is -1.51. The highest BCUT2D eigenvalue weighted by atomic mass is 19.4. The van der Waals surface area contributed by atoms with E-state index in [1.807, 2.05) is 0 Å². The molecule has 1 aromatic rings. The predicted molar refractivity (Wildman–Crippen MR) is 111 cm³/mol. The summed E-state index contributed by atoms with van der Waals surface area (Å²) >= 11 is 0. The van der Waals surface area contributed by atoms with Gasteiger partial charge in [-0.1, -0.05) is 19.1 Å². The molecule has 8 heteroatoms. The van der Waals surface area contributed by atoms with Gasteiger partial charge in [0.2, 0.25) is 5.91 Å². The summed E-state index contributed by atoms with van der Waals surface area (Å²) in [5.41, 5.74) is 6.46. The maximum absolute atomic E-state index is 13.1. The number of nitrogens with zero attached hydrogens (tertiary/aromatic N) is 3. The highest BCUT2D eigenvalue weighted by molar-refractivity contribution is 5.82. The fraction of sp³-hybridized carbons (Fsp3) is 0.682. The van der Waals surface area contributed by atoms with Crippen LogP contribution in [0.15, 0.2) is 18.2 Å². The molecule has 2 saturated heterocycles. The Morgan fingerprint density at radius 1 is 1.13 bits per heavy atom. The van der Waals surface area contributed by atoms with Crippen LogP contribution in [0, 0.1) is 0 Å². The largest absolute Gasteiger partial charge is 0.416 e. The zero-order valence-corrected chi connectivity index (χ0v) is 17.9. The van der Waals surface area contributed by atoms with Gasteiger partial charge < -0.3 is 15.5 Å². The second-order valence-corrected chi connectivity index (χ2v) is 8.55. The Morgan fingerprint density at radius 2 is 1.77 bits per heavy atom. The number of hydrogen-bond acceptors (Lipinski definition) is 4. The number of carbonyl (C=O) groups excluding carboxylic acids is 1. The maximum atomic E-state index is 13.1. The Labute approximate surface area is 177 Å². The van der Waals surface area contributed by atoms with E-state index in [-0.39, 0.29) is 24.3 Å². The zero-order valence-electron chi connectivity index (χ0n) is 17.9. The average molecular weight is 427 g/mol. The van der Waals surface area contributed by atoms with Crippen molar-refractivity contribution in [2.75, 3.05) is 46.3 Å². The van der Waals surface area contributed by atoms with Crippen LogP contribution in [-0.4, -0.2) is 79.0 Å². The number of carbonyl (C=O) groups is 1. The van der Waals surface area contributed by atoms with Gasteiger partial charge in [0, 0.05) is 32.2 Å². The van der Waals surface area contributed by atoms with Gasteiger partial charge in [-0.15, -0.1) is 0 Å². The summed E-state index contributed by atoms with van der Waals surface area (Å²) in [6.45, 7) is 6.95. The topological polar surface area (TPSA) is 52.8 Å². The lowest BCUT2D eigenvalue weighted by Gasteiger charge is -2.42. The van der Waals surface area contributed by atoms with Crippen molar-refractivity contribution in [3.05, 3.63) is 34.9 Å². The summed E-state index contributed by atoms with van der Waals surface area (Å²) in [7, 11) is 2.15. The quantitative estimate of drug-likeness (QED) is 0.786. The van der Waals surface area contributed by atoms with Gasteiger partial charge in [0.1, 0.15) is 0 Å². The first-order valence-electron chi connectivity index (χ1n) is 10.8. The molecule has 5 nitrogen and oxygen atoms in total. The van der Waals surface area contributed by atoms with Crippen LogP contribution in [0.4, 0.5) is 13.2 Å². The SMILES string of the molecule is CCc1cc(C[C@@H](N)C(=O)N2CCN(C3CCN(C)CC3)CC2)ccc1C(F)(F)F. The van der Waals surface area contributed by atoms with Crippen LogP contribution in [-0.2, 0) is 23.8 Å². The molecule has 0 saturated carbocycles. The fourth-order valence-corrected chi connectivity index (χ4v) is 4.59. The zero-order chi connectivity index (χ0) is 21.9. The minimum atomic E-state index is -4.37. The van der Waals surface area contributed by atoms with E-state index < -0.39 is 17.8 Å². The molecule has 2 heterocycles. The van der Waals surface area contributed by atoms with Crippen molar-refractivity contribution >= 4 is 5.91 Å². The molecular weight excluding hydrogens is 393 g/mol. The molecule has 2 fully saturated rings. The first kappa shape index (κ1) is 23.0. The van der Waals surface area contributed by atoms with Crippen molar-refractivity contribution in [2.24, 2.45) is 5.73 Å². The molecule has 0 aliphatic carbocycles. The van der Waals surface area contributed by atoms with E-state index in [0.29, 0.717) is 24.7 Å². The van der Waals surface area contributed by atoms with Crippen molar-refractivity contribution in [1.29, 1.82) is 0 Å². The van der Waals surface area contributed by atoms with E-state index in [1.165, 1.54) is 12.1 Å². The lowest BCUT2D eigenvalue weighted by Crippen LogP contribution is -2.56. The van der Waals surface area contributed by atoms with Crippen LogP contribution in [0.2, 0.25) is 0 Å². The number of rotatable bonds is 5. The molecule has 2 N–H and O–H groups in total. The third-order valence-electron chi connectivity index (χ3n) is 6.46. The molecule has 1 aromatic carbocycles. The lowest BCUT2D eigenvalue weighted by atomic mass is 9.97. The van der Waals surface area contributed by atoms with Gasteiger partial charge in [-0.25, -0.2) is 0 Å². The third kappa shape index (κ3) is 5.53. The molecular formula is C22H33F3N4O. The van der Waals surface area contributed by atoms with Crippen molar-refractivity contribution < 1.29 is 18.0 Å². The number of hydrogen-bond donors (Lipinski definition) is 1. The Hall–Kier alpha value is -1.64. The Morgan fingerprint density at radius 3 is 2.33 bits per heavy atom. The van der Waals surface area contributed by atoms with Crippen LogP contribution in [0.5, 0.6) is 0 Å². The van der Waals surface area contributed by atoms with Gasteiger partial charge in [-0.2, -0.15) is 13.2 Å². The van der Waals surface area contributed by atoms with Crippen LogP contribution in [0.25, 0.3) is 0 Å². The number of nitrogens with two attached hydrogens (primary N) is 1. The summed E-state index contributed by atoms with van der Waals surface area (Å²) in [4.78, 5) is 19.4. The molecule has 0 aromatic heterocycles. The van der Waals surface area contributed by atoms with Crippen LogP contribution in [0.1, 0.15) is 36.5 Å². The van der Waals surface area contributed by atoms with E-state index in [1.54, 1.807) is 11.8 Å². The standard InChI is InChI=1S/C22H33F3N4O/c1-3-17-14-16(4-5-19(17)22(23,24)25)15-20(26)21(30)29-12-10-28(11-13-29)18-6-8-27(2)9-7-18/h4-5,14,18,20H,3,6-13,15,26H2,1-2H3/t20-/m1/s1. The number of aryl methyl sites for hydroxylation is 1. The number of halogens is 3. The van der Waals surface area contributed by atoms with Crippen molar-refractivity contribution in [1.82, 2.24) is 14.7 Å². The molecule has 0 bridgehead atoms. The van der Waals surface area contributed by atoms with Gasteiger partial charge in [-0.3, -0.25) is 9.69 Å². The highest BCUT2D eigenvalue weighted by Crippen LogP contribution is 2.33. The van der Waals surface area contributed by atoms with E-state index in [0.717, 1.165) is 45.1 Å². The highest BCUT2D eigenvalue weighted by Gasteiger charge is 2.33. The van der Waals surface area contributed by atoms with Crippen LogP contribution in [0.3, 0.4) is 0 Å². The van der Waals surface area contributed by atoms with E-state index in [2.05, 4.69) is 16.8 Å². The van der Waals surface area contributed by atoms with Crippen LogP contribution >= 0.6 is 0 Å². The molecule has 1 atom stereocenters. The fourth-order valence-electron chi connectivity index (χ4n) is 4.59. The average Bonchev–Trinajstić information content (AvgIpc) is 2.73. The minimum absolute atomic E-state index is 0.115. The van der Waals surface area contributed by atoms with Crippen molar-refractivity contribution in [3.8, 4) is 0 Å². The van der Waals surface area contributed by atoms with E-state index >= 15 is 0 Å². The summed E-state index contributed by atoms with van der Waals surface area (Å²) < 4.78 is 39.3. The molecule has 2 aliphatic heterocycles. The molecule has 3 rings (SSSR count). The number of alkyl halides is 3. The van der Waals surface area contributed by atoms with Gasteiger partial charge in [0.05, 0.1) is 11.6 Å². The predicted octanol–water partition coefficient (Wildman–Crippen LogP) is 2.38. The number of piperazine rings is 1. The van der Waals surface area contributed by atoms with Crippen molar-refractivity contribution in [3.63, 3.8) is 0 Å². The molecule has 2 aliphatic rings. The lowest BCUT2D eigenvalue weighted by molar-refractivity contribution is -0.138. The first-order valence-corrected chi connectivity index (χ1v) is 10.8. The third-order valence-corrected chi connectivity index (χ3v) is 6.46. The molecule has 0 spiro atoms. The monoisotopic (exact) mass is 426 g/mol. The van der Waals surface area contributed by atoms with Gasteiger partial charge in [0.25, 0.3) is 0 Å². The number of benzene rings is 1. The minimum Gasteiger partial charge on any atom is -0.339 e. The second-order valence-electron chi connectivity index (χ2n) is 8.55. The van der Waals surface area contributed by atoms with E-state index in [4.69, 9.17) is 5.73 Å². The summed E-state index contributed by atoms with van der Waals surface area (Å²) in [5.74, 6) is -0.115. The molecule has 30 heavy (non-hydrogen) atoms. The van der Waals surface area contributed by atoms with Gasteiger partial charge in [-0.05, 0) is 63.0 Å². The van der Waals surface area contributed by atoms with Gasteiger partial charge >= 0.3 is 6.18 Å². The summed E-state index contributed by atoms with van der Waals surface area (Å²) in [6, 6.07) is 3.93. The number of piperidine rings is 1.